The molecule has 0 aromatic carbocycles. The van der Waals surface area contributed by atoms with Crippen LogP contribution in [0.3, 0.4) is 0 Å². The van der Waals surface area contributed by atoms with E-state index < -0.39 is 5.60 Å². The number of aromatic nitrogens is 3. The first-order chi connectivity index (χ1) is 8.74. The monoisotopic (exact) mass is 270 g/mol. The van der Waals surface area contributed by atoms with E-state index in [0.717, 1.165) is 5.69 Å². The van der Waals surface area contributed by atoms with Crippen LogP contribution in [-0.4, -0.2) is 46.0 Å². The third kappa shape index (κ3) is 5.67. The van der Waals surface area contributed by atoms with Gasteiger partial charge in [-0.15, -0.1) is 5.10 Å². The van der Waals surface area contributed by atoms with E-state index in [-0.39, 0.29) is 5.54 Å². The predicted octanol–water partition coefficient (Wildman–Crippen LogP) is 0.910. The van der Waals surface area contributed by atoms with Crippen molar-refractivity contribution in [3.8, 4) is 0 Å². The summed E-state index contributed by atoms with van der Waals surface area (Å²) in [6.07, 6.45) is 2.53. The number of methoxy groups -OCH3 is 1. The van der Waals surface area contributed by atoms with Gasteiger partial charge in [0.25, 0.3) is 0 Å². The van der Waals surface area contributed by atoms with Crippen LogP contribution < -0.4 is 5.32 Å². The molecule has 0 spiro atoms. The van der Waals surface area contributed by atoms with Crippen molar-refractivity contribution < 1.29 is 9.84 Å². The van der Waals surface area contributed by atoms with Gasteiger partial charge in [0.15, 0.2) is 0 Å². The van der Waals surface area contributed by atoms with Gasteiger partial charge in [-0.2, -0.15) is 0 Å². The molecule has 0 bridgehead atoms. The van der Waals surface area contributed by atoms with E-state index >= 15 is 0 Å². The first kappa shape index (κ1) is 16.1. The first-order valence-corrected chi connectivity index (χ1v) is 6.58. The van der Waals surface area contributed by atoms with Crippen molar-refractivity contribution in [3.63, 3.8) is 0 Å². The van der Waals surface area contributed by atoms with Gasteiger partial charge in [0.1, 0.15) is 0 Å². The molecule has 0 saturated heterocycles. The van der Waals surface area contributed by atoms with Crippen molar-refractivity contribution in [2.24, 2.45) is 0 Å². The highest BCUT2D eigenvalue weighted by molar-refractivity contribution is 4.94. The summed E-state index contributed by atoms with van der Waals surface area (Å²) in [5.41, 5.74) is 0.0445. The molecular weight excluding hydrogens is 244 g/mol. The van der Waals surface area contributed by atoms with Gasteiger partial charge in [0.2, 0.25) is 0 Å². The van der Waals surface area contributed by atoms with E-state index in [1.54, 1.807) is 14.0 Å². The highest BCUT2D eigenvalue weighted by Gasteiger charge is 2.20. The lowest BCUT2D eigenvalue weighted by molar-refractivity contribution is 0.0247. The summed E-state index contributed by atoms with van der Waals surface area (Å²) in [7, 11) is 1.63. The van der Waals surface area contributed by atoms with Gasteiger partial charge >= 0.3 is 0 Å². The van der Waals surface area contributed by atoms with Crippen LogP contribution in [0.5, 0.6) is 0 Å². The Morgan fingerprint density at radius 2 is 2.05 bits per heavy atom. The Balaban J connectivity index is 2.39. The maximum Gasteiger partial charge on any atom is 0.0965 e. The molecule has 1 unspecified atom stereocenters. The number of nitrogens with zero attached hydrogens (tertiary/aromatic N) is 3. The molecule has 1 aromatic heterocycles. The highest BCUT2D eigenvalue weighted by Crippen LogP contribution is 2.12. The van der Waals surface area contributed by atoms with Crippen LogP contribution in [0, 0.1) is 0 Å². The second kappa shape index (κ2) is 6.45. The van der Waals surface area contributed by atoms with E-state index in [1.165, 1.54) is 0 Å². The van der Waals surface area contributed by atoms with Crippen molar-refractivity contribution in [3.05, 3.63) is 11.9 Å². The molecule has 0 amide bonds. The molecule has 6 heteroatoms. The van der Waals surface area contributed by atoms with Crippen LogP contribution in [0.25, 0.3) is 0 Å². The van der Waals surface area contributed by atoms with Crippen molar-refractivity contribution in [1.29, 1.82) is 0 Å². The third-order valence-corrected chi connectivity index (χ3v) is 2.88. The molecule has 1 atom stereocenters. The average Bonchev–Trinajstić information content (AvgIpc) is 2.74. The number of hydrogen-bond donors (Lipinski definition) is 2. The summed E-state index contributed by atoms with van der Waals surface area (Å²) < 4.78 is 6.81. The number of nitrogens with one attached hydrogen (secondary N) is 1. The van der Waals surface area contributed by atoms with Gasteiger partial charge in [-0.25, -0.2) is 4.68 Å². The van der Waals surface area contributed by atoms with Crippen LogP contribution in [0.15, 0.2) is 6.20 Å². The quantitative estimate of drug-likeness (QED) is 0.770. The molecule has 6 nitrogen and oxygen atoms in total. The summed E-state index contributed by atoms with van der Waals surface area (Å²) in [5.74, 6) is 0. The minimum Gasteiger partial charge on any atom is -0.389 e. The molecule has 1 heterocycles. The van der Waals surface area contributed by atoms with Crippen molar-refractivity contribution >= 4 is 0 Å². The fraction of sp³-hybridized carbons (Fsp3) is 0.846. The largest absolute Gasteiger partial charge is 0.389 e. The molecule has 1 aromatic rings. The zero-order valence-corrected chi connectivity index (χ0v) is 12.6. The molecule has 0 saturated carbocycles. The zero-order chi connectivity index (χ0) is 14.5. The smallest absolute Gasteiger partial charge is 0.0965 e. The molecule has 1 rings (SSSR count). The van der Waals surface area contributed by atoms with Gasteiger partial charge in [-0.05, 0) is 27.7 Å². The lowest BCUT2D eigenvalue weighted by atomic mass is 10.0. The maximum absolute atomic E-state index is 10.1. The fourth-order valence-electron chi connectivity index (χ4n) is 1.58. The topological polar surface area (TPSA) is 72.2 Å². The SMILES string of the molecule is COCCC(C)(O)CNCc1cn(C(C)(C)C)nn1. The number of ether oxygens (including phenoxy) is 1. The molecule has 0 aliphatic heterocycles. The average molecular weight is 270 g/mol. The Labute approximate surface area is 115 Å². The highest BCUT2D eigenvalue weighted by atomic mass is 16.5. The van der Waals surface area contributed by atoms with Gasteiger partial charge in [-0.1, -0.05) is 5.21 Å². The fourth-order valence-corrected chi connectivity index (χ4v) is 1.58. The van der Waals surface area contributed by atoms with E-state index in [0.29, 0.717) is 26.1 Å². The summed E-state index contributed by atoms with van der Waals surface area (Å²) in [6, 6.07) is 0. The Bertz CT molecular complexity index is 382. The van der Waals surface area contributed by atoms with Gasteiger partial charge in [0, 0.05) is 33.2 Å². The van der Waals surface area contributed by atoms with E-state index in [1.807, 2.05) is 10.9 Å². The van der Waals surface area contributed by atoms with Crippen LogP contribution in [-0.2, 0) is 16.8 Å². The van der Waals surface area contributed by atoms with Crippen LogP contribution in [0.1, 0.15) is 39.8 Å². The molecule has 110 valence electrons. The minimum atomic E-state index is -0.768. The molecule has 19 heavy (non-hydrogen) atoms. The summed E-state index contributed by atoms with van der Waals surface area (Å²) in [5, 5.41) is 21.5. The van der Waals surface area contributed by atoms with Crippen molar-refractivity contribution in [1.82, 2.24) is 20.3 Å². The molecular formula is C13H26N4O2. The number of rotatable bonds is 7. The van der Waals surface area contributed by atoms with Crippen LogP contribution in [0.2, 0.25) is 0 Å². The second-order valence-electron chi connectivity index (χ2n) is 6.17. The minimum absolute atomic E-state index is 0.0603. The molecule has 0 aliphatic rings. The Kier molecular flexibility index (Phi) is 5.46. The van der Waals surface area contributed by atoms with E-state index in [9.17, 15) is 5.11 Å². The van der Waals surface area contributed by atoms with Gasteiger partial charge in [0.05, 0.1) is 23.0 Å². The van der Waals surface area contributed by atoms with Crippen LogP contribution in [0.4, 0.5) is 0 Å². The van der Waals surface area contributed by atoms with Crippen LogP contribution >= 0.6 is 0 Å². The summed E-state index contributed by atoms with van der Waals surface area (Å²) >= 11 is 0. The van der Waals surface area contributed by atoms with E-state index in [4.69, 9.17) is 4.74 Å². The molecule has 0 fully saturated rings. The third-order valence-electron chi connectivity index (χ3n) is 2.88. The number of aliphatic hydroxyl groups is 1. The normalized spacial score (nSPS) is 15.5. The predicted molar refractivity (Wildman–Crippen MR) is 73.8 cm³/mol. The standard InChI is InChI=1S/C13H26N4O2/c1-12(2,3)17-9-11(15-16-17)8-14-10-13(4,18)6-7-19-5/h9,14,18H,6-8,10H2,1-5H3. The van der Waals surface area contributed by atoms with Crippen molar-refractivity contribution in [2.75, 3.05) is 20.3 Å². The van der Waals surface area contributed by atoms with Gasteiger partial charge in [-0.3, -0.25) is 0 Å². The first-order valence-electron chi connectivity index (χ1n) is 6.58. The zero-order valence-electron chi connectivity index (χ0n) is 12.6. The summed E-state index contributed by atoms with van der Waals surface area (Å²) in [4.78, 5) is 0. The Morgan fingerprint density at radius 3 is 2.58 bits per heavy atom. The maximum atomic E-state index is 10.1. The molecule has 0 radical (unpaired) electrons. The van der Waals surface area contributed by atoms with Crippen molar-refractivity contribution in [2.45, 2.75) is 51.8 Å². The van der Waals surface area contributed by atoms with E-state index in [2.05, 4.69) is 36.4 Å². The Morgan fingerprint density at radius 1 is 1.37 bits per heavy atom. The lowest BCUT2D eigenvalue weighted by Gasteiger charge is -2.23. The summed E-state index contributed by atoms with van der Waals surface area (Å²) in [6.45, 7) is 9.68. The number of hydrogen-bond acceptors (Lipinski definition) is 5. The van der Waals surface area contributed by atoms with Gasteiger partial charge < -0.3 is 15.2 Å². The molecule has 0 aliphatic carbocycles. The Hall–Kier alpha value is -0.980. The lowest BCUT2D eigenvalue weighted by Crippen LogP contribution is -2.38. The molecule has 2 N–H and O–H groups in total. The second-order valence-corrected chi connectivity index (χ2v) is 6.17.